The summed E-state index contributed by atoms with van der Waals surface area (Å²) in [6.45, 7) is 2.39. The van der Waals surface area contributed by atoms with Crippen LogP contribution in [0.2, 0.25) is 0 Å². The van der Waals surface area contributed by atoms with E-state index in [9.17, 15) is 18.5 Å². The largest absolute Gasteiger partial charge is 0.384 e. The summed E-state index contributed by atoms with van der Waals surface area (Å²) in [6.07, 6.45) is 0. The highest BCUT2D eigenvalue weighted by molar-refractivity contribution is 7.91. The second kappa shape index (κ2) is 6.95. The molecule has 20 heavy (non-hydrogen) atoms. The van der Waals surface area contributed by atoms with Crippen molar-refractivity contribution in [2.24, 2.45) is 11.8 Å². The molecule has 1 atom stereocenters. The Morgan fingerprint density at radius 3 is 2.70 bits per heavy atom. The molecule has 0 aromatic carbocycles. The van der Waals surface area contributed by atoms with Crippen molar-refractivity contribution in [2.75, 3.05) is 25.7 Å². The molecule has 0 aliphatic carbocycles. The van der Waals surface area contributed by atoms with Crippen molar-refractivity contribution in [3.63, 3.8) is 0 Å². The molecule has 1 heterocycles. The topological polar surface area (TPSA) is 137 Å². The maximum atomic E-state index is 12.0. The van der Waals surface area contributed by atoms with Crippen molar-refractivity contribution < 1.29 is 18.1 Å². The number of nitrogens with two attached hydrogens (primary N) is 1. The van der Waals surface area contributed by atoms with Gasteiger partial charge in [0.25, 0.3) is 0 Å². The van der Waals surface area contributed by atoms with Crippen LogP contribution < -0.4 is 16.0 Å². The molecule has 4 N–H and O–H groups in total. The van der Waals surface area contributed by atoms with Crippen LogP contribution in [0.3, 0.4) is 0 Å². The number of hydrogen-bond donors (Lipinski definition) is 3. The third kappa shape index (κ3) is 4.11. The normalized spacial score (nSPS) is 13.2. The van der Waals surface area contributed by atoms with Crippen LogP contribution in [0.5, 0.6) is 0 Å². The van der Waals surface area contributed by atoms with Crippen LogP contribution in [-0.4, -0.2) is 33.6 Å². The number of nitrogens with one attached hydrogen (secondary N) is 2. The summed E-state index contributed by atoms with van der Waals surface area (Å²) in [5.74, 6) is 5.11. The van der Waals surface area contributed by atoms with E-state index in [1.54, 1.807) is 0 Å². The van der Waals surface area contributed by atoms with Crippen molar-refractivity contribution in [3.8, 4) is 0 Å². The van der Waals surface area contributed by atoms with E-state index in [-0.39, 0.29) is 27.4 Å². The fourth-order valence-electron chi connectivity index (χ4n) is 1.40. The third-order valence-corrected chi connectivity index (χ3v) is 5.31. The summed E-state index contributed by atoms with van der Waals surface area (Å²) in [4.78, 5) is 10.1. The van der Waals surface area contributed by atoms with Gasteiger partial charge in [-0.25, -0.2) is 19.0 Å². The lowest BCUT2D eigenvalue weighted by molar-refractivity contribution is -0.383. The quantitative estimate of drug-likeness (QED) is 0.360. The van der Waals surface area contributed by atoms with E-state index in [0.717, 1.165) is 6.07 Å². The van der Waals surface area contributed by atoms with E-state index < -0.39 is 14.9 Å². The zero-order chi connectivity index (χ0) is 15.3. The highest BCUT2D eigenvalue weighted by atomic mass is 32.2. The molecule has 0 spiro atoms. The lowest BCUT2D eigenvalue weighted by Gasteiger charge is -2.10. The predicted molar refractivity (Wildman–Crippen MR) is 75.0 cm³/mol. The van der Waals surface area contributed by atoms with Crippen LogP contribution in [0.25, 0.3) is 0 Å². The van der Waals surface area contributed by atoms with Gasteiger partial charge in [0.1, 0.15) is 4.21 Å². The first-order valence-corrected chi connectivity index (χ1v) is 7.85. The lowest BCUT2D eigenvalue weighted by atomic mass is 10.2. The summed E-state index contributed by atoms with van der Waals surface area (Å²) in [5.41, 5.74) is 1.75. The van der Waals surface area contributed by atoms with Gasteiger partial charge in [-0.1, -0.05) is 18.3 Å². The maximum Gasteiger partial charge on any atom is 0.306 e. The molecule has 0 amide bonds. The number of nitrogen functional groups attached to an aromatic ring is 1. The number of nitro groups is 1. The number of nitrogens with zero attached hydrogens (tertiary/aromatic N) is 1. The van der Waals surface area contributed by atoms with E-state index >= 15 is 0 Å². The zero-order valence-corrected chi connectivity index (χ0v) is 12.6. The van der Waals surface area contributed by atoms with Gasteiger partial charge < -0.3 is 10.2 Å². The number of ether oxygens (including phenoxy) is 1. The number of sulfonamides is 1. The second-order valence-electron chi connectivity index (χ2n) is 4.09. The van der Waals surface area contributed by atoms with Gasteiger partial charge in [-0.3, -0.25) is 10.1 Å². The molecule has 1 aromatic heterocycles. The van der Waals surface area contributed by atoms with Gasteiger partial charge in [0.05, 0.1) is 4.92 Å². The first-order chi connectivity index (χ1) is 9.31. The highest BCUT2D eigenvalue weighted by Crippen LogP contribution is 2.36. The van der Waals surface area contributed by atoms with Crippen LogP contribution in [-0.2, 0) is 14.8 Å². The second-order valence-corrected chi connectivity index (χ2v) is 7.14. The average molecular weight is 324 g/mol. The number of rotatable bonds is 8. The molecule has 1 rings (SSSR count). The fraction of sp³-hybridized carbons (Fsp3) is 0.556. The van der Waals surface area contributed by atoms with Crippen LogP contribution in [0.4, 0.5) is 10.7 Å². The lowest BCUT2D eigenvalue weighted by Crippen LogP contribution is -2.29. The first-order valence-electron chi connectivity index (χ1n) is 5.55. The number of hydrazine groups is 1. The Morgan fingerprint density at radius 2 is 2.25 bits per heavy atom. The average Bonchev–Trinajstić information content (AvgIpc) is 2.82. The van der Waals surface area contributed by atoms with Gasteiger partial charge in [0, 0.05) is 26.3 Å². The highest BCUT2D eigenvalue weighted by Gasteiger charge is 2.26. The van der Waals surface area contributed by atoms with Crippen molar-refractivity contribution in [1.82, 2.24) is 4.72 Å². The summed E-state index contributed by atoms with van der Waals surface area (Å²) < 4.78 is 31.1. The molecule has 114 valence electrons. The molecule has 0 fully saturated rings. The molecule has 0 radical (unpaired) electrons. The van der Waals surface area contributed by atoms with Crippen molar-refractivity contribution in [2.45, 2.75) is 11.1 Å². The number of hydrogen-bond acceptors (Lipinski definition) is 8. The molecule has 9 nitrogen and oxygen atoms in total. The summed E-state index contributed by atoms with van der Waals surface area (Å²) >= 11 is 0.700. The SMILES string of the molecule is COCC(C)CNS(=O)(=O)c1cc([N+](=O)[O-])c(NN)s1. The number of anilines is 1. The van der Waals surface area contributed by atoms with Gasteiger partial charge >= 0.3 is 5.69 Å². The molecule has 0 saturated carbocycles. The Labute approximate surface area is 120 Å². The van der Waals surface area contributed by atoms with Crippen LogP contribution in [0, 0.1) is 16.0 Å². The fourth-order valence-corrected chi connectivity index (χ4v) is 3.84. The smallest absolute Gasteiger partial charge is 0.306 e. The molecule has 0 aliphatic rings. The molecule has 11 heteroatoms. The van der Waals surface area contributed by atoms with Gasteiger partial charge in [-0.2, -0.15) is 0 Å². The first kappa shape index (κ1) is 16.8. The molecule has 0 saturated heterocycles. The Morgan fingerprint density at radius 1 is 1.60 bits per heavy atom. The Bertz CT molecular complexity index is 571. The predicted octanol–water partition coefficient (Wildman–Crippen LogP) is 0.503. The minimum atomic E-state index is -3.81. The standard InChI is InChI=1S/C9H16N4O5S2/c1-6(5-18-2)4-11-20(16,17)8-3-7(13(14)15)9(12-10)19-8/h3,6,11-12H,4-5,10H2,1-2H3. The van der Waals surface area contributed by atoms with E-state index in [4.69, 9.17) is 10.6 Å². The van der Waals surface area contributed by atoms with Gasteiger partial charge in [0.2, 0.25) is 10.0 Å². The molecule has 1 aromatic rings. The van der Waals surface area contributed by atoms with Gasteiger partial charge in [-0.05, 0) is 5.92 Å². The Hall–Kier alpha value is -1.27. The van der Waals surface area contributed by atoms with Crippen LogP contribution >= 0.6 is 11.3 Å². The van der Waals surface area contributed by atoms with Crippen LogP contribution in [0.15, 0.2) is 10.3 Å². The molecule has 1 unspecified atom stereocenters. The Balaban J connectivity index is 2.90. The summed E-state index contributed by atoms with van der Waals surface area (Å²) in [5, 5.41) is 10.7. The van der Waals surface area contributed by atoms with E-state index in [2.05, 4.69) is 10.1 Å². The molecule has 0 aliphatic heterocycles. The van der Waals surface area contributed by atoms with Gasteiger partial charge in [0.15, 0.2) is 5.00 Å². The van der Waals surface area contributed by atoms with Crippen molar-refractivity contribution in [3.05, 3.63) is 16.2 Å². The van der Waals surface area contributed by atoms with Crippen molar-refractivity contribution in [1.29, 1.82) is 0 Å². The van der Waals surface area contributed by atoms with Crippen molar-refractivity contribution >= 4 is 32.0 Å². The van der Waals surface area contributed by atoms with Gasteiger partial charge in [-0.15, -0.1) is 0 Å². The van der Waals surface area contributed by atoms with E-state index in [0.29, 0.717) is 17.9 Å². The van der Waals surface area contributed by atoms with E-state index in [1.807, 2.05) is 6.92 Å². The minimum Gasteiger partial charge on any atom is -0.384 e. The third-order valence-electron chi connectivity index (χ3n) is 2.36. The number of methoxy groups -OCH3 is 1. The minimum absolute atomic E-state index is 0.0136. The van der Waals surface area contributed by atoms with E-state index in [1.165, 1.54) is 7.11 Å². The molecular weight excluding hydrogens is 308 g/mol. The zero-order valence-electron chi connectivity index (χ0n) is 11.0. The monoisotopic (exact) mass is 324 g/mol. The summed E-state index contributed by atoms with van der Waals surface area (Å²) in [6, 6.07) is 0.975. The number of thiophene rings is 1. The summed E-state index contributed by atoms with van der Waals surface area (Å²) in [7, 11) is -2.29. The Kier molecular flexibility index (Phi) is 5.83. The van der Waals surface area contributed by atoms with Crippen LogP contribution in [0.1, 0.15) is 6.92 Å². The maximum absolute atomic E-state index is 12.0. The molecular formula is C9H16N4O5S2. The molecule has 0 bridgehead atoms.